The summed E-state index contributed by atoms with van der Waals surface area (Å²) in [6.45, 7) is 3.54. The molecule has 7 nitrogen and oxygen atoms in total. The van der Waals surface area contributed by atoms with Crippen LogP contribution in [0.3, 0.4) is 0 Å². The average Bonchev–Trinajstić information content (AvgIpc) is 2.61. The lowest BCUT2D eigenvalue weighted by atomic mass is 10.2. The van der Waals surface area contributed by atoms with Gasteiger partial charge in [0.15, 0.2) is 12.2 Å². The van der Waals surface area contributed by atoms with Gasteiger partial charge in [0.2, 0.25) is 11.9 Å². The van der Waals surface area contributed by atoms with Crippen LogP contribution in [0.2, 0.25) is 0 Å². The lowest BCUT2D eigenvalue weighted by Crippen LogP contribution is -2.56. The fraction of sp³-hybridized carbons (Fsp3) is 0.600. The SMILES string of the molecule is CC(C)C(=O)NC1=NC2C(N=CN2C)C(=O)N1. The van der Waals surface area contributed by atoms with Crippen LogP contribution in [-0.4, -0.2) is 48.3 Å². The summed E-state index contributed by atoms with van der Waals surface area (Å²) in [4.78, 5) is 33.2. The van der Waals surface area contributed by atoms with Gasteiger partial charge < -0.3 is 4.90 Å². The van der Waals surface area contributed by atoms with Crippen molar-refractivity contribution in [2.75, 3.05) is 7.05 Å². The third-order valence-electron chi connectivity index (χ3n) is 2.65. The molecule has 0 aromatic rings. The van der Waals surface area contributed by atoms with Crippen molar-refractivity contribution in [2.24, 2.45) is 15.9 Å². The molecule has 0 spiro atoms. The first kappa shape index (κ1) is 11.6. The topological polar surface area (TPSA) is 86.2 Å². The minimum absolute atomic E-state index is 0.162. The van der Waals surface area contributed by atoms with E-state index < -0.39 is 6.04 Å². The van der Waals surface area contributed by atoms with E-state index in [1.54, 1.807) is 32.1 Å². The van der Waals surface area contributed by atoms with Crippen molar-refractivity contribution in [3.63, 3.8) is 0 Å². The molecule has 0 saturated heterocycles. The van der Waals surface area contributed by atoms with Crippen molar-refractivity contribution < 1.29 is 9.59 Å². The molecule has 17 heavy (non-hydrogen) atoms. The molecule has 2 amide bonds. The van der Waals surface area contributed by atoms with E-state index >= 15 is 0 Å². The summed E-state index contributed by atoms with van der Waals surface area (Å²) < 4.78 is 0. The van der Waals surface area contributed by atoms with E-state index in [1.165, 1.54) is 0 Å². The summed E-state index contributed by atoms with van der Waals surface area (Å²) >= 11 is 0. The van der Waals surface area contributed by atoms with Gasteiger partial charge in [-0.1, -0.05) is 13.8 Å². The Bertz CT molecular complexity index is 415. The van der Waals surface area contributed by atoms with Gasteiger partial charge in [0.05, 0.1) is 6.34 Å². The van der Waals surface area contributed by atoms with Crippen LogP contribution in [0.4, 0.5) is 0 Å². The van der Waals surface area contributed by atoms with Crippen LogP contribution < -0.4 is 10.6 Å². The first-order valence-corrected chi connectivity index (χ1v) is 5.44. The minimum Gasteiger partial charge on any atom is -0.342 e. The second-order valence-corrected chi connectivity index (χ2v) is 4.40. The molecule has 0 bridgehead atoms. The highest BCUT2D eigenvalue weighted by molar-refractivity contribution is 6.08. The largest absolute Gasteiger partial charge is 0.342 e. The number of hydrogen-bond donors (Lipinski definition) is 2. The molecule has 0 saturated carbocycles. The smallest absolute Gasteiger partial charge is 0.255 e. The Morgan fingerprint density at radius 3 is 2.94 bits per heavy atom. The number of aliphatic imine (C=N–C) groups is 2. The zero-order valence-corrected chi connectivity index (χ0v) is 9.97. The van der Waals surface area contributed by atoms with Crippen molar-refractivity contribution in [2.45, 2.75) is 26.1 Å². The highest BCUT2D eigenvalue weighted by atomic mass is 16.2. The summed E-state index contributed by atoms with van der Waals surface area (Å²) in [5.74, 6) is -0.383. The molecule has 0 aliphatic carbocycles. The normalized spacial score (nSPS) is 26.7. The van der Waals surface area contributed by atoms with Crippen molar-refractivity contribution in [3.05, 3.63) is 0 Å². The van der Waals surface area contributed by atoms with Crippen LogP contribution in [0.25, 0.3) is 0 Å². The van der Waals surface area contributed by atoms with E-state index in [0.29, 0.717) is 0 Å². The number of guanidine groups is 1. The highest BCUT2D eigenvalue weighted by Crippen LogP contribution is 2.16. The fourth-order valence-electron chi connectivity index (χ4n) is 1.59. The number of carbonyl (C=O) groups excluding carboxylic acids is 2. The number of rotatable bonds is 1. The zero-order valence-electron chi connectivity index (χ0n) is 9.97. The van der Waals surface area contributed by atoms with E-state index in [2.05, 4.69) is 20.6 Å². The standard InChI is InChI=1S/C10H15N5O2/c1-5(2)8(16)13-10-12-7-6(9(17)14-10)11-4-15(7)3/h4-7H,1-3H3,(H2,12,13,14,16,17). The quantitative estimate of drug-likeness (QED) is 0.607. The lowest BCUT2D eigenvalue weighted by molar-refractivity contribution is -0.123. The number of nitrogens with zero attached hydrogens (tertiary/aromatic N) is 3. The maximum Gasteiger partial charge on any atom is 0.255 e. The van der Waals surface area contributed by atoms with E-state index in [0.717, 1.165) is 0 Å². The Hall–Kier alpha value is -1.92. The maximum absolute atomic E-state index is 11.7. The van der Waals surface area contributed by atoms with Gasteiger partial charge in [-0.3, -0.25) is 25.2 Å². The molecular weight excluding hydrogens is 222 g/mol. The molecular formula is C10H15N5O2. The third-order valence-corrected chi connectivity index (χ3v) is 2.65. The number of amides is 2. The van der Waals surface area contributed by atoms with Crippen LogP contribution in [0.15, 0.2) is 9.98 Å². The number of nitrogens with one attached hydrogen (secondary N) is 2. The predicted molar refractivity (Wildman–Crippen MR) is 62.4 cm³/mol. The molecule has 0 fully saturated rings. The molecule has 0 radical (unpaired) electrons. The van der Waals surface area contributed by atoms with Gasteiger partial charge in [0.1, 0.15) is 0 Å². The van der Waals surface area contributed by atoms with Crippen LogP contribution in [0.1, 0.15) is 13.8 Å². The molecule has 2 rings (SSSR count). The molecule has 92 valence electrons. The Kier molecular flexibility index (Phi) is 2.83. The molecule has 2 unspecified atom stereocenters. The summed E-state index contributed by atoms with van der Waals surface area (Å²) in [6.07, 6.45) is 1.22. The molecule has 7 heteroatoms. The Morgan fingerprint density at radius 2 is 2.29 bits per heavy atom. The molecule has 0 aromatic heterocycles. The van der Waals surface area contributed by atoms with Crippen molar-refractivity contribution in [1.29, 1.82) is 0 Å². The number of likely N-dealkylation sites (N-methyl/N-ethyl adjacent to an activating group) is 1. The van der Waals surface area contributed by atoms with E-state index in [4.69, 9.17) is 0 Å². The van der Waals surface area contributed by atoms with Gasteiger partial charge in [0.25, 0.3) is 5.91 Å². The second kappa shape index (κ2) is 4.15. The number of carbonyl (C=O) groups is 2. The zero-order chi connectivity index (χ0) is 12.6. The average molecular weight is 237 g/mol. The fourth-order valence-corrected chi connectivity index (χ4v) is 1.59. The molecule has 2 atom stereocenters. The van der Waals surface area contributed by atoms with Crippen molar-refractivity contribution >= 4 is 24.1 Å². The van der Waals surface area contributed by atoms with Crippen LogP contribution in [0, 0.1) is 5.92 Å². The number of fused-ring (bicyclic) bond motifs is 1. The Labute approximate surface area is 99.0 Å². The number of hydrogen-bond acceptors (Lipinski definition) is 5. The van der Waals surface area contributed by atoms with Gasteiger partial charge >= 0.3 is 0 Å². The minimum atomic E-state index is -0.514. The highest BCUT2D eigenvalue weighted by Gasteiger charge is 2.38. The van der Waals surface area contributed by atoms with Crippen LogP contribution in [0.5, 0.6) is 0 Å². The van der Waals surface area contributed by atoms with Gasteiger partial charge in [0, 0.05) is 13.0 Å². The molecule has 0 aromatic carbocycles. The van der Waals surface area contributed by atoms with E-state index in [-0.39, 0.29) is 29.9 Å². The van der Waals surface area contributed by atoms with Crippen LogP contribution in [-0.2, 0) is 9.59 Å². The van der Waals surface area contributed by atoms with Gasteiger partial charge in [-0.15, -0.1) is 0 Å². The predicted octanol–water partition coefficient (Wildman–Crippen LogP) is -1.09. The Balaban J connectivity index is 2.13. The van der Waals surface area contributed by atoms with E-state index in [9.17, 15) is 9.59 Å². The molecule has 2 aliphatic rings. The lowest BCUT2D eigenvalue weighted by Gasteiger charge is -2.26. The first-order valence-electron chi connectivity index (χ1n) is 5.44. The van der Waals surface area contributed by atoms with Gasteiger partial charge in [-0.25, -0.2) is 4.99 Å². The first-order chi connectivity index (χ1) is 7.99. The third kappa shape index (κ3) is 2.13. The van der Waals surface area contributed by atoms with Gasteiger partial charge in [-0.05, 0) is 0 Å². The summed E-state index contributed by atoms with van der Waals surface area (Å²) in [5, 5.41) is 5.11. The molecule has 2 heterocycles. The monoisotopic (exact) mass is 237 g/mol. The summed E-state index contributed by atoms with van der Waals surface area (Å²) in [6, 6.07) is -0.514. The molecule has 2 N–H and O–H groups in total. The van der Waals surface area contributed by atoms with Crippen LogP contribution >= 0.6 is 0 Å². The Morgan fingerprint density at radius 1 is 1.59 bits per heavy atom. The molecule has 2 aliphatic heterocycles. The van der Waals surface area contributed by atoms with Crippen molar-refractivity contribution in [3.8, 4) is 0 Å². The second-order valence-electron chi connectivity index (χ2n) is 4.40. The van der Waals surface area contributed by atoms with Gasteiger partial charge in [-0.2, -0.15) is 0 Å². The maximum atomic E-state index is 11.7. The summed E-state index contributed by atoms with van der Waals surface area (Å²) in [5.41, 5.74) is 0. The summed E-state index contributed by atoms with van der Waals surface area (Å²) in [7, 11) is 1.79. The van der Waals surface area contributed by atoms with E-state index in [1.807, 2.05) is 0 Å². The van der Waals surface area contributed by atoms with Crippen molar-refractivity contribution in [1.82, 2.24) is 15.5 Å².